The number of nitrogens with zero attached hydrogens (tertiary/aromatic N) is 3. The number of halogens is 3. The molecular formula is C45H58F2IN8O11-. The number of alkyl halides is 1. The fourth-order valence-electron chi connectivity index (χ4n) is 6.74. The molecule has 6 amide bonds. The first kappa shape index (κ1) is 55.4. The Kier molecular flexibility index (Phi) is 21.3. The van der Waals surface area contributed by atoms with Gasteiger partial charge in [-0.1, -0.05) is 0 Å². The van der Waals surface area contributed by atoms with E-state index in [0.717, 1.165) is 35.9 Å². The van der Waals surface area contributed by atoms with Crippen LogP contribution in [-0.2, 0) is 44.9 Å². The summed E-state index contributed by atoms with van der Waals surface area (Å²) in [7, 11) is 0. The van der Waals surface area contributed by atoms with E-state index in [1.54, 1.807) is 33.6 Å². The van der Waals surface area contributed by atoms with Gasteiger partial charge in [-0.2, -0.15) is 0 Å². The number of amides is 6. The quantitative estimate of drug-likeness (QED) is 0.00894. The van der Waals surface area contributed by atoms with E-state index in [4.69, 9.17) is 5.73 Å². The van der Waals surface area contributed by atoms with Crippen molar-refractivity contribution in [3.8, 4) is 11.1 Å². The van der Waals surface area contributed by atoms with Crippen LogP contribution in [0.15, 0.2) is 79.1 Å². The number of carboxylic acids is 1. The Morgan fingerprint density at radius 3 is 2.25 bits per heavy atom. The standard InChI is InChI=1S/C45H58F2IN8O11/c1-7-8-9-10-26(2)22-54-23-28(30-18-29(46)11-12-31(30)47)17-34(54)42(45(4,5)6)56(40(63)25-57)48-15-16-50-21-35(58)32(19-36(49)59)52-44(67)33(20-41(64)65)53-43(66)27(3)51-37(60)24-55-38(61)13-14-39(55)62/h7-14,17-18,23,27,32-33,42-43,50,53,57,66H,1,15-16,19-22,24-25H2,2-6H3,(H2,49,59)(H,51,60)(H,52,67)(H,64,65)/q-1/b9-8-,26-10+/t27-,32-,33+,42-,43-/m0/s1. The maximum atomic E-state index is 15.1. The third-order valence-corrected chi connectivity index (χ3v) is 12.8. The number of Topliss-reactive ketones (excluding diaryl/α,β-unsaturated/α-hetero) is 1. The summed E-state index contributed by atoms with van der Waals surface area (Å²) >= 11 is -1.27. The molecule has 3 rings (SSSR count). The number of nitrogens with one attached hydrogen (secondary N) is 4. The number of rotatable bonds is 27. The van der Waals surface area contributed by atoms with Crippen molar-refractivity contribution in [1.29, 1.82) is 0 Å². The molecule has 1 aliphatic rings. The molecule has 1 aromatic heterocycles. The van der Waals surface area contributed by atoms with E-state index >= 15 is 4.39 Å². The summed E-state index contributed by atoms with van der Waals surface area (Å²) in [5.74, 6) is -8.46. The number of hydrogen-bond acceptors (Lipinski definition) is 12. The summed E-state index contributed by atoms with van der Waals surface area (Å²) in [6.45, 7) is 11.1. The number of aromatic nitrogens is 1. The monoisotopic (exact) mass is 1050 g/mol. The summed E-state index contributed by atoms with van der Waals surface area (Å²) in [6.07, 6.45) is 7.31. The van der Waals surface area contributed by atoms with E-state index < -0.39 is 149 Å². The van der Waals surface area contributed by atoms with Crippen LogP contribution >= 0.6 is 0 Å². The van der Waals surface area contributed by atoms with Crippen LogP contribution in [0.5, 0.6) is 0 Å². The number of carboxylic acid groups (broad SMARTS) is 1. The second-order valence-electron chi connectivity index (χ2n) is 16.6. The normalized spacial score (nSPS) is 15.3. The molecule has 67 heavy (non-hydrogen) atoms. The summed E-state index contributed by atoms with van der Waals surface area (Å²) in [6, 6.07) is -0.303. The second-order valence-corrected chi connectivity index (χ2v) is 19.4. The summed E-state index contributed by atoms with van der Waals surface area (Å²) in [5, 5.41) is 40.4. The van der Waals surface area contributed by atoms with Crippen molar-refractivity contribution in [3.63, 3.8) is 0 Å². The van der Waals surface area contributed by atoms with Crippen LogP contribution in [0.4, 0.5) is 8.78 Å². The molecular weight excluding hydrogens is 993 g/mol. The Labute approximate surface area is 397 Å². The van der Waals surface area contributed by atoms with Gasteiger partial charge in [-0.3, -0.25) is 19.3 Å². The summed E-state index contributed by atoms with van der Waals surface area (Å²) in [5.41, 5.74) is 6.57. The van der Waals surface area contributed by atoms with Crippen LogP contribution in [0.2, 0.25) is 0 Å². The van der Waals surface area contributed by atoms with Gasteiger partial charge in [0.1, 0.15) is 6.54 Å². The van der Waals surface area contributed by atoms with Crippen LogP contribution < -0.4 is 48.5 Å². The fourth-order valence-corrected chi connectivity index (χ4v) is 9.93. The number of aliphatic carboxylic acids is 1. The van der Waals surface area contributed by atoms with Gasteiger partial charge in [0.25, 0.3) is 11.8 Å². The van der Waals surface area contributed by atoms with Crippen LogP contribution in [0, 0.1) is 17.0 Å². The van der Waals surface area contributed by atoms with Gasteiger partial charge in [0.15, 0.2) is 0 Å². The fraction of sp³-hybridized carbons (Fsp3) is 0.422. The summed E-state index contributed by atoms with van der Waals surface area (Å²) in [4.78, 5) is 101. The molecule has 0 aliphatic carbocycles. The second kappa shape index (κ2) is 25.8. The average Bonchev–Trinajstić information content (AvgIpc) is 3.79. The molecule has 2 heterocycles. The molecule has 0 unspecified atom stereocenters. The van der Waals surface area contributed by atoms with Crippen molar-refractivity contribution < 1.29 is 83.9 Å². The number of aliphatic hydroxyl groups excluding tert-OH is 2. The third kappa shape index (κ3) is 17.0. The number of carbonyl (C=O) groups excluding carboxylic acids is 7. The van der Waals surface area contributed by atoms with E-state index in [2.05, 4.69) is 27.8 Å². The molecule has 2 aromatic rings. The molecule has 22 heteroatoms. The van der Waals surface area contributed by atoms with Gasteiger partial charge in [-0.05, 0) is 6.92 Å². The van der Waals surface area contributed by atoms with E-state index in [-0.39, 0.29) is 12.1 Å². The molecule has 5 atom stereocenters. The first-order valence-corrected chi connectivity index (χ1v) is 23.4. The third-order valence-electron chi connectivity index (χ3n) is 9.94. The zero-order valence-electron chi connectivity index (χ0n) is 37.8. The zero-order valence-corrected chi connectivity index (χ0v) is 39.9. The van der Waals surface area contributed by atoms with Gasteiger partial charge in [0.2, 0.25) is 5.91 Å². The van der Waals surface area contributed by atoms with Gasteiger partial charge in [-0.15, -0.1) is 0 Å². The number of hydrogen-bond donors (Lipinski definition) is 8. The first-order valence-electron chi connectivity index (χ1n) is 20.9. The number of primary amides is 1. The van der Waals surface area contributed by atoms with Crippen LogP contribution in [0.1, 0.15) is 59.2 Å². The summed E-state index contributed by atoms with van der Waals surface area (Å²) < 4.78 is 33.3. The Morgan fingerprint density at radius 2 is 1.66 bits per heavy atom. The molecule has 1 aliphatic heterocycles. The Balaban J connectivity index is 1.76. The van der Waals surface area contributed by atoms with Gasteiger partial charge in [0.05, 0.1) is 0 Å². The van der Waals surface area contributed by atoms with E-state index in [0.29, 0.717) is 27.1 Å². The molecule has 0 bridgehead atoms. The van der Waals surface area contributed by atoms with E-state index in [1.807, 2.05) is 38.3 Å². The van der Waals surface area contributed by atoms with Gasteiger partial charge in [0, 0.05) is 12.2 Å². The number of allylic oxidation sites excluding steroid dienone is 5. The molecule has 0 radical (unpaired) electrons. The number of ketones is 1. The topological polar surface area (TPSA) is 283 Å². The van der Waals surface area contributed by atoms with Crippen molar-refractivity contribution >= 4 is 47.2 Å². The maximum absolute atomic E-state index is 15.1. The van der Waals surface area contributed by atoms with Crippen molar-refractivity contribution in [1.82, 2.24) is 33.8 Å². The Morgan fingerprint density at radius 1 is 0.985 bits per heavy atom. The SMILES string of the molecule is C=C/C=C\C=C(/C)Cn1cc(-c2cc(F)ccc2F)cc1[C@H](N([I-]CCNCC(=O)[C@H](CC(N)=O)NC(=O)[C@@H](CC(=O)O)N[C@@H](O)[C@H](C)NC(=O)CN1C(=O)C=CC1=O)C(=O)CO)C(C)(C)C. The molecule has 9 N–H and O–H groups in total. The van der Waals surface area contributed by atoms with Gasteiger partial charge >= 0.3 is 331 Å². The van der Waals surface area contributed by atoms with Crippen LogP contribution in [-0.4, -0.2) is 130 Å². The molecule has 0 saturated carbocycles. The van der Waals surface area contributed by atoms with Gasteiger partial charge in [-0.25, -0.2) is 0 Å². The Hall–Kier alpha value is -5.95. The Bertz CT molecular complexity index is 2260. The number of nitrogens with two attached hydrogens (primary N) is 1. The molecule has 0 saturated heterocycles. The van der Waals surface area contributed by atoms with Crippen molar-refractivity contribution in [3.05, 3.63) is 96.4 Å². The van der Waals surface area contributed by atoms with Crippen molar-refractivity contribution in [2.45, 2.75) is 84.4 Å². The van der Waals surface area contributed by atoms with E-state index in [9.17, 15) is 58.1 Å². The number of aliphatic hydroxyl groups is 2. The predicted octanol–water partition coefficient (Wildman–Crippen LogP) is -2.27. The van der Waals surface area contributed by atoms with E-state index in [1.165, 1.54) is 6.92 Å². The molecule has 0 spiro atoms. The minimum absolute atomic E-state index is 0.0175. The predicted molar refractivity (Wildman–Crippen MR) is 236 cm³/mol. The molecule has 1 aromatic carbocycles. The van der Waals surface area contributed by atoms with Gasteiger partial charge < -0.3 is 5.32 Å². The van der Waals surface area contributed by atoms with Crippen molar-refractivity contribution in [2.75, 3.05) is 30.7 Å². The minimum atomic E-state index is -1.76. The average molecular weight is 1050 g/mol. The first-order chi connectivity index (χ1) is 31.5. The number of carbonyl (C=O) groups is 8. The molecule has 366 valence electrons. The van der Waals surface area contributed by atoms with Crippen LogP contribution in [0.25, 0.3) is 11.1 Å². The van der Waals surface area contributed by atoms with Crippen LogP contribution in [0.3, 0.4) is 0 Å². The number of benzene rings is 1. The molecule has 19 nitrogen and oxygen atoms in total. The van der Waals surface area contributed by atoms with Crippen molar-refractivity contribution in [2.24, 2.45) is 11.1 Å². The number of imide groups is 1. The zero-order chi connectivity index (χ0) is 50.2. The molecule has 0 fully saturated rings.